The zero-order chi connectivity index (χ0) is 22.5. The Morgan fingerprint density at radius 2 is 1.77 bits per heavy atom. The van der Waals surface area contributed by atoms with E-state index < -0.39 is 15.7 Å². The first-order chi connectivity index (χ1) is 14.7. The molecule has 1 fully saturated rings. The molecule has 2 amide bonds. The van der Waals surface area contributed by atoms with Gasteiger partial charge in [-0.15, -0.1) is 0 Å². The summed E-state index contributed by atoms with van der Waals surface area (Å²) in [5.74, 6) is 0. The van der Waals surface area contributed by atoms with E-state index >= 15 is 0 Å². The number of amides is 2. The number of rotatable bonds is 7. The van der Waals surface area contributed by atoms with Crippen LogP contribution in [-0.4, -0.2) is 44.4 Å². The second kappa shape index (κ2) is 9.83. The van der Waals surface area contributed by atoms with E-state index in [1.165, 1.54) is 11.1 Å². The molecule has 1 saturated heterocycles. The predicted molar refractivity (Wildman–Crippen MR) is 124 cm³/mol. The second-order valence-electron chi connectivity index (χ2n) is 8.51. The monoisotopic (exact) mass is 443 g/mol. The van der Waals surface area contributed by atoms with E-state index in [9.17, 15) is 13.2 Å². The van der Waals surface area contributed by atoms with Crippen molar-refractivity contribution in [3.63, 3.8) is 0 Å². The van der Waals surface area contributed by atoms with Crippen molar-refractivity contribution in [1.29, 1.82) is 0 Å². The van der Waals surface area contributed by atoms with Crippen molar-refractivity contribution in [2.75, 3.05) is 19.3 Å². The Hall–Kier alpha value is -2.38. The van der Waals surface area contributed by atoms with Crippen molar-refractivity contribution >= 4 is 16.1 Å². The van der Waals surface area contributed by atoms with E-state index in [-0.39, 0.29) is 6.03 Å². The van der Waals surface area contributed by atoms with Crippen LogP contribution < -0.4 is 10.0 Å². The molecule has 7 heteroatoms. The van der Waals surface area contributed by atoms with Crippen LogP contribution in [0, 0.1) is 6.92 Å². The van der Waals surface area contributed by atoms with Gasteiger partial charge in [-0.1, -0.05) is 54.1 Å². The molecule has 6 nitrogen and oxygen atoms in total. The number of carbonyl (C=O) groups excluding carboxylic acids is 1. The third kappa shape index (κ3) is 6.31. The molecule has 0 bridgehead atoms. The number of benzene rings is 2. The molecule has 1 heterocycles. The standard InChI is InChI=1S/C24H33N3O3S/c1-4-25-23(28)27-15-6-5-14-24(27,26-31(3,29)30)18-22-9-7-8-21(17-22)16-20-12-10-19(2)11-13-20/h7-13,17,26H,4-6,14-16,18H2,1-3H3,(H,25,28). The minimum absolute atomic E-state index is 0.228. The number of likely N-dealkylation sites (tertiary alicyclic amines) is 1. The van der Waals surface area contributed by atoms with Gasteiger partial charge in [0.05, 0.1) is 6.26 Å². The summed E-state index contributed by atoms with van der Waals surface area (Å²) in [6.45, 7) is 4.96. The molecule has 1 aliphatic rings. The Bertz CT molecular complexity index is 1000. The van der Waals surface area contributed by atoms with Crippen LogP contribution in [0.1, 0.15) is 48.4 Å². The van der Waals surface area contributed by atoms with Crippen molar-refractivity contribution in [3.8, 4) is 0 Å². The van der Waals surface area contributed by atoms with E-state index in [4.69, 9.17) is 0 Å². The van der Waals surface area contributed by atoms with Crippen LogP contribution in [0.4, 0.5) is 4.79 Å². The van der Waals surface area contributed by atoms with Gasteiger partial charge in [0.2, 0.25) is 10.0 Å². The highest BCUT2D eigenvalue weighted by atomic mass is 32.2. The van der Waals surface area contributed by atoms with Crippen molar-refractivity contribution in [3.05, 3.63) is 70.8 Å². The Kier molecular flexibility index (Phi) is 7.38. The Morgan fingerprint density at radius 3 is 2.45 bits per heavy atom. The normalized spacial score (nSPS) is 19.3. The number of urea groups is 1. The third-order valence-electron chi connectivity index (χ3n) is 5.70. The molecule has 2 N–H and O–H groups in total. The zero-order valence-electron chi connectivity index (χ0n) is 18.6. The van der Waals surface area contributed by atoms with Crippen LogP contribution in [0.3, 0.4) is 0 Å². The summed E-state index contributed by atoms with van der Waals surface area (Å²) in [5.41, 5.74) is 3.67. The predicted octanol–water partition coefficient (Wildman–Crippen LogP) is 3.59. The van der Waals surface area contributed by atoms with Gasteiger partial charge < -0.3 is 10.2 Å². The molecule has 1 aliphatic heterocycles. The smallest absolute Gasteiger partial charge is 0.318 e. The SMILES string of the molecule is CCNC(=O)N1CCCCC1(Cc1cccc(Cc2ccc(C)cc2)c1)NS(C)(=O)=O. The van der Waals surface area contributed by atoms with Crippen molar-refractivity contribution in [2.45, 2.75) is 51.6 Å². The van der Waals surface area contributed by atoms with Crippen LogP contribution in [-0.2, 0) is 22.9 Å². The van der Waals surface area contributed by atoms with E-state index in [0.29, 0.717) is 25.9 Å². The summed E-state index contributed by atoms with van der Waals surface area (Å²) in [7, 11) is -3.52. The molecule has 168 valence electrons. The highest BCUT2D eigenvalue weighted by Crippen LogP contribution is 2.31. The average Bonchev–Trinajstić information content (AvgIpc) is 2.69. The first-order valence-electron chi connectivity index (χ1n) is 10.9. The van der Waals surface area contributed by atoms with Crippen LogP contribution in [0.25, 0.3) is 0 Å². The molecule has 0 aliphatic carbocycles. The molecule has 31 heavy (non-hydrogen) atoms. The molecular weight excluding hydrogens is 410 g/mol. The number of nitrogens with zero attached hydrogens (tertiary/aromatic N) is 1. The van der Waals surface area contributed by atoms with Gasteiger partial charge >= 0.3 is 6.03 Å². The maximum Gasteiger partial charge on any atom is 0.318 e. The van der Waals surface area contributed by atoms with Crippen molar-refractivity contribution in [1.82, 2.24) is 14.9 Å². The first kappa shape index (κ1) is 23.3. The summed E-state index contributed by atoms with van der Waals surface area (Å²) < 4.78 is 27.4. The number of hydrogen-bond acceptors (Lipinski definition) is 3. The molecule has 2 aromatic rings. The molecular formula is C24H33N3O3S. The van der Waals surface area contributed by atoms with Gasteiger partial charge in [0.25, 0.3) is 0 Å². The highest BCUT2D eigenvalue weighted by molar-refractivity contribution is 7.88. The Labute approximate surface area is 186 Å². The van der Waals surface area contributed by atoms with Gasteiger partial charge in [-0.05, 0) is 56.2 Å². The fourth-order valence-electron chi connectivity index (χ4n) is 4.38. The molecule has 3 rings (SSSR count). The van der Waals surface area contributed by atoms with Gasteiger partial charge in [0.1, 0.15) is 5.66 Å². The summed E-state index contributed by atoms with van der Waals surface area (Å²) in [5, 5.41) is 2.84. The largest absolute Gasteiger partial charge is 0.338 e. The first-order valence-corrected chi connectivity index (χ1v) is 12.8. The maximum absolute atomic E-state index is 12.8. The molecule has 0 aromatic heterocycles. The lowest BCUT2D eigenvalue weighted by molar-refractivity contribution is 0.0672. The number of nitrogens with one attached hydrogen (secondary N) is 2. The maximum atomic E-state index is 12.8. The molecule has 1 unspecified atom stereocenters. The summed E-state index contributed by atoms with van der Waals surface area (Å²) in [4.78, 5) is 14.5. The summed E-state index contributed by atoms with van der Waals surface area (Å²) in [6.07, 6.45) is 4.70. The van der Waals surface area contributed by atoms with E-state index in [1.807, 2.05) is 19.1 Å². The van der Waals surface area contributed by atoms with Gasteiger partial charge in [-0.3, -0.25) is 0 Å². The zero-order valence-corrected chi connectivity index (χ0v) is 19.5. The highest BCUT2D eigenvalue weighted by Gasteiger charge is 2.43. The minimum Gasteiger partial charge on any atom is -0.338 e. The van der Waals surface area contributed by atoms with Crippen LogP contribution in [0.15, 0.2) is 48.5 Å². The molecule has 0 radical (unpaired) electrons. The van der Waals surface area contributed by atoms with Gasteiger partial charge in [-0.25, -0.2) is 13.2 Å². The van der Waals surface area contributed by atoms with Gasteiger partial charge in [-0.2, -0.15) is 4.72 Å². The molecule has 0 saturated carbocycles. The van der Waals surface area contributed by atoms with E-state index in [0.717, 1.165) is 36.6 Å². The Morgan fingerprint density at radius 1 is 1.06 bits per heavy atom. The number of hydrogen-bond donors (Lipinski definition) is 2. The minimum atomic E-state index is -3.52. The number of aryl methyl sites for hydroxylation is 1. The van der Waals surface area contributed by atoms with Crippen molar-refractivity contribution < 1.29 is 13.2 Å². The fraction of sp³-hybridized carbons (Fsp3) is 0.458. The van der Waals surface area contributed by atoms with E-state index in [2.05, 4.69) is 53.4 Å². The quantitative estimate of drug-likeness (QED) is 0.686. The lowest BCUT2D eigenvalue weighted by atomic mass is 9.89. The lowest BCUT2D eigenvalue weighted by Gasteiger charge is -2.47. The number of piperidine rings is 1. The van der Waals surface area contributed by atoms with E-state index in [1.54, 1.807) is 4.90 Å². The van der Waals surface area contributed by atoms with Gasteiger partial charge in [0, 0.05) is 19.5 Å². The fourth-order valence-corrected chi connectivity index (χ4v) is 5.35. The summed E-state index contributed by atoms with van der Waals surface area (Å²) >= 11 is 0. The van der Waals surface area contributed by atoms with Crippen LogP contribution in [0.5, 0.6) is 0 Å². The van der Waals surface area contributed by atoms with Crippen LogP contribution >= 0.6 is 0 Å². The number of carbonyl (C=O) groups is 1. The molecule has 0 spiro atoms. The average molecular weight is 444 g/mol. The van der Waals surface area contributed by atoms with Gasteiger partial charge in [0.15, 0.2) is 0 Å². The number of sulfonamides is 1. The lowest BCUT2D eigenvalue weighted by Crippen LogP contribution is -2.66. The topological polar surface area (TPSA) is 78.5 Å². The van der Waals surface area contributed by atoms with Crippen LogP contribution in [0.2, 0.25) is 0 Å². The van der Waals surface area contributed by atoms with Crippen molar-refractivity contribution in [2.24, 2.45) is 0 Å². The Balaban J connectivity index is 1.90. The second-order valence-corrected chi connectivity index (χ2v) is 10.3. The molecule has 2 aromatic carbocycles. The third-order valence-corrected chi connectivity index (χ3v) is 6.45. The summed E-state index contributed by atoms with van der Waals surface area (Å²) in [6, 6.07) is 16.5. The molecule has 1 atom stereocenters.